The second-order valence-corrected chi connectivity index (χ2v) is 6.10. The van der Waals surface area contributed by atoms with Crippen LogP contribution in [0, 0.1) is 11.8 Å². The van der Waals surface area contributed by atoms with Crippen molar-refractivity contribution in [3.8, 4) is 0 Å². The smallest absolute Gasteiger partial charge is 0.326 e. The molecule has 3 rings (SSSR count). The maximum Gasteiger partial charge on any atom is 0.326 e. The van der Waals surface area contributed by atoms with Crippen LogP contribution in [0.15, 0.2) is 0 Å². The van der Waals surface area contributed by atoms with Crippen molar-refractivity contribution in [3.05, 3.63) is 0 Å². The first kappa shape index (κ1) is 13.4. The Balaban J connectivity index is 1.70. The van der Waals surface area contributed by atoms with Crippen LogP contribution < -0.4 is 0 Å². The van der Waals surface area contributed by atoms with E-state index < -0.39 is 12.0 Å². The lowest BCUT2D eigenvalue weighted by Gasteiger charge is -2.26. The van der Waals surface area contributed by atoms with Gasteiger partial charge in [-0.15, -0.1) is 0 Å². The topological polar surface area (TPSA) is 77.9 Å². The van der Waals surface area contributed by atoms with E-state index in [-0.39, 0.29) is 24.3 Å². The van der Waals surface area contributed by atoms with Crippen molar-refractivity contribution in [2.45, 2.75) is 38.1 Å². The SMILES string of the molecule is O=C(O)C1C2CCCC2CN1C(=O)CN1CCCC1=O. The fraction of sp³-hybridized carbons (Fsp3) is 0.786. The van der Waals surface area contributed by atoms with Gasteiger partial charge in [0.05, 0.1) is 6.54 Å². The molecule has 1 saturated carbocycles. The van der Waals surface area contributed by atoms with Crippen molar-refractivity contribution in [1.82, 2.24) is 9.80 Å². The minimum Gasteiger partial charge on any atom is -0.480 e. The molecular weight excluding hydrogens is 260 g/mol. The number of carboxylic acid groups (broad SMARTS) is 1. The Labute approximate surface area is 117 Å². The maximum atomic E-state index is 12.4. The predicted molar refractivity (Wildman–Crippen MR) is 69.8 cm³/mol. The van der Waals surface area contributed by atoms with Crippen LogP contribution >= 0.6 is 0 Å². The summed E-state index contributed by atoms with van der Waals surface area (Å²) in [6.07, 6.45) is 4.27. The average molecular weight is 280 g/mol. The number of carbonyl (C=O) groups is 3. The van der Waals surface area contributed by atoms with Crippen molar-refractivity contribution in [2.24, 2.45) is 11.8 Å². The molecule has 1 N–H and O–H groups in total. The van der Waals surface area contributed by atoms with Crippen LogP contribution in [-0.2, 0) is 14.4 Å². The van der Waals surface area contributed by atoms with E-state index in [2.05, 4.69) is 0 Å². The average Bonchev–Trinajstić information content (AvgIpc) is 3.04. The summed E-state index contributed by atoms with van der Waals surface area (Å²) in [5, 5.41) is 9.42. The minimum absolute atomic E-state index is 0.00427. The van der Waals surface area contributed by atoms with Crippen LogP contribution in [0.5, 0.6) is 0 Å². The van der Waals surface area contributed by atoms with E-state index >= 15 is 0 Å². The van der Waals surface area contributed by atoms with Crippen molar-refractivity contribution < 1.29 is 19.5 Å². The van der Waals surface area contributed by atoms with E-state index in [1.165, 1.54) is 4.90 Å². The van der Waals surface area contributed by atoms with E-state index in [1.807, 2.05) is 0 Å². The molecule has 2 saturated heterocycles. The molecule has 0 radical (unpaired) electrons. The first-order valence-electron chi connectivity index (χ1n) is 7.38. The van der Waals surface area contributed by atoms with Gasteiger partial charge in [0.1, 0.15) is 6.04 Å². The number of hydrogen-bond donors (Lipinski definition) is 1. The van der Waals surface area contributed by atoms with Gasteiger partial charge < -0.3 is 14.9 Å². The number of carboxylic acids is 1. The fourth-order valence-electron chi connectivity index (χ4n) is 4.00. The Morgan fingerprint density at radius 1 is 1.25 bits per heavy atom. The van der Waals surface area contributed by atoms with Gasteiger partial charge in [0.25, 0.3) is 0 Å². The second-order valence-electron chi connectivity index (χ2n) is 6.10. The lowest BCUT2D eigenvalue weighted by Crippen LogP contribution is -2.47. The number of likely N-dealkylation sites (tertiary alicyclic amines) is 2. The van der Waals surface area contributed by atoms with Crippen molar-refractivity contribution in [1.29, 1.82) is 0 Å². The van der Waals surface area contributed by atoms with E-state index in [9.17, 15) is 19.5 Å². The summed E-state index contributed by atoms with van der Waals surface area (Å²) in [6.45, 7) is 1.20. The zero-order valence-electron chi connectivity index (χ0n) is 11.5. The quantitative estimate of drug-likeness (QED) is 0.807. The van der Waals surface area contributed by atoms with E-state index in [0.717, 1.165) is 25.7 Å². The first-order valence-corrected chi connectivity index (χ1v) is 7.38. The second kappa shape index (κ2) is 5.07. The zero-order chi connectivity index (χ0) is 14.3. The molecule has 3 aliphatic rings. The van der Waals surface area contributed by atoms with Crippen LogP contribution in [0.4, 0.5) is 0 Å². The van der Waals surface area contributed by atoms with Crippen LogP contribution in [0.3, 0.4) is 0 Å². The number of hydrogen-bond acceptors (Lipinski definition) is 3. The third kappa shape index (κ3) is 2.17. The maximum absolute atomic E-state index is 12.4. The van der Waals surface area contributed by atoms with E-state index in [0.29, 0.717) is 25.4 Å². The Hall–Kier alpha value is -1.59. The van der Waals surface area contributed by atoms with Gasteiger partial charge in [-0.2, -0.15) is 0 Å². The van der Waals surface area contributed by atoms with Crippen molar-refractivity contribution in [3.63, 3.8) is 0 Å². The highest BCUT2D eigenvalue weighted by molar-refractivity contribution is 5.89. The molecule has 0 aromatic rings. The van der Waals surface area contributed by atoms with Gasteiger partial charge in [-0.05, 0) is 31.1 Å². The number of nitrogens with zero attached hydrogens (tertiary/aromatic N) is 2. The summed E-state index contributed by atoms with van der Waals surface area (Å²) < 4.78 is 0. The van der Waals surface area contributed by atoms with Gasteiger partial charge in [-0.25, -0.2) is 4.79 Å². The molecule has 3 atom stereocenters. The van der Waals surface area contributed by atoms with Crippen molar-refractivity contribution in [2.75, 3.05) is 19.6 Å². The van der Waals surface area contributed by atoms with Gasteiger partial charge in [0.15, 0.2) is 0 Å². The molecule has 0 aromatic heterocycles. The monoisotopic (exact) mass is 280 g/mol. The van der Waals surface area contributed by atoms with Crippen molar-refractivity contribution >= 4 is 17.8 Å². The molecular formula is C14H20N2O4. The summed E-state index contributed by atoms with van der Waals surface area (Å²) in [4.78, 5) is 38.5. The number of rotatable bonds is 3. The standard InChI is InChI=1S/C14H20N2O4/c17-11-5-2-6-15(11)8-12(18)16-7-9-3-1-4-10(9)13(16)14(19)20/h9-10,13H,1-8H2,(H,19,20). The summed E-state index contributed by atoms with van der Waals surface area (Å²) in [5.74, 6) is -0.674. The number of amides is 2. The lowest BCUT2D eigenvalue weighted by molar-refractivity contribution is -0.150. The molecule has 2 aliphatic heterocycles. The van der Waals surface area contributed by atoms with Crippen LogP contribution in [0.25, 0.3) is 0 Å². The minimum atomic E-state index is -0.902. The summed E-state index contributed by atoms with van der Waals surface area (Å²) in [7, 11) is 0. The predicted octanol–water partition coefficient (Wildman–Crippen LogP) is 0.320. The third-order valence-electron chi connectivity index (χ3n) is 4.96. The number of fused-ring (bicyclic) bond motifs is 1. The molecule has 0 spiro atoms. The molecule has 110 valence electrons. The van der Waals surface area contributed by atoms with Gasteiger partial charge in [-0.1, -0.05) is 6.42 Å². The lowest BCUT2D eigenvalue weighted by atomic mass is 9.94. The highest BCUT2D eigenvalue weighted by Gasteiger charge is 2.49. The van der Waals surface area contributed by atoms with Crippen LogP contribution in [-0.4, -0.2) is 58.4 Å². The van der Waals surface area contributed by atoms with Gasteiger partial charge in [0, 0.05) is 19.5 Å². The largest absolute Gasteiger partial charge is 0.480 e. The summed E-state index contributed by atoms with van der Waals surface area (Å²) in [5.41, 5.74) is 0. The highest BCUT2D eigenvalue weighted by atomic mass is 16.4. The Kier molecular flexibility index (Phi) is 3.40. The molecule has 6 heteroatoms. The molecule has 2 heterocycles. The first-order chi connectivity index (χ1) is 9.58. The van der Waals surface area contributed by atoms with Crippen LogP contribution in [0.1, 0.15) is 32.1 Å². The summed E-state index contributed by atoms with van der Waals surface area (Å²) >= 11 is 0. The zero-order valence-corrected chi connectivity index (χ0v) is 11.5. The Morgan fingerprint density at radius 3 is 2.70 bits per heavy atom. The summed E-state index contributed by atoms with van der Waals surface area (Å²) in [6, 6.07) is -0.687. The molecule has 1 aliphatic carbocycles. The molecule has 3 fully saturated rings. The Bertz CT molecular complexity index is 450. The number of aliphatic carboxylic acids is 1. The molecule has 6 nitrogen and oxygen atoms in total. The molecule has 3 unspecified atom stereocenters. The highest BCUT2D eigenvalue weighted by Crippen LogP contribution is 2.42. The normalized spacial score (nSPS) is 32.8. The third-order valence-corrected chi connectivity index (χ3v) is 4.96. The molecule has 2 amide bonds. The van der Waals surface area contributed by atoms with Crippen LogP contribution in [0.2, 0.25) is 0 Å². The van der Waals surface area contributed by atoms with E-state index in [4.69, 9.17) is 0 Å². The molecule has 0 bridgehead atoms. The van der Waals surface area contributed by atoms with Gasteiger partial charge in [-0.3, -0.25) is 9.59 Å². The Morgan fingerprint density at radius 2 is 2.05 bits per heavy atom. The number of carbonyl (C=O) groups excluding carboxylic acids is 2. The van der Waals surface area contributed by atoms with Gasteiger partial charge in [0.2, 0.25) is 11.8 Å². The molecule has 20 heavy (non-hydrogen) atoms. The fourth-order valence-corrected chi connectivity index (χ4v) is 4.00. The molecule has 0 aromatic carbocycles. The van der Waals surface area contributed by atoms with E-state index in [1.54, 1.807) is 4.90 Å². The van der Waals surface area contributed by atoms with Gasteiger partial charge >= 0.3 is 5.97 Å².